The summed E-state index contributed by atoms with van der Waals surface area (Å²) in [6, 6.07) is 28.3. The topological polar surface area (TPSA) is 81.0 Å². The Morgan fingerprint density at radius 1 is 0.857 bits per heavy atom. The molecular formula is C40H40FN5O3. The van der Waals surface area contributed by atoms with Gasteiger partial charge in [-0.3, -0.25) is 14.5 Å². The highest BCUT2D eigenvalue weighted by Crippen LogP contribution is 2.36. The summed E-state index contributed by atoms with van der Waals surface area (Å²) >= 11 is 0. The lowest BCUT2D eigenvalue weighted by Gasteiger charge is -2.41. The third-order valence-corrected chi connectivity index (χ3v) is 9.74. The number of amides is 2. The fraction of sp³-hybridized carbons (Fsp3) is 0.250. The van der Waals surface area contributed by atoms with Crippen molar-refractivity contribution >= 4 is 17.5 Å². The van der Waals surface area contributed by atoms with Crippen molar-refractivity contribution < 1.29 is 19.1 Å². The van der Waals surface area contributed by atoms with E-state index in [0.29, 0.717) is 34.5 Å². The molecule has 0 bridgehead atoms. The lowest BCUT2D eigenvalue weighted by Crippen LogP contribution is -2.53. The SMILES string of the molecule is Cc1cc(C(=O)Nc2ccc(O)cc2-c2cc(F)ccc2C(=O)N2Cc3ccccc3C[C@H]2CN2CCN(C)CC2)cn1-c1ccccc1. The Kier molecular flexibility index (Phi) is 9.03. The second kappa shape index (κ2) is 13.7. The Labute approximate surface area is 286 Å². The van der Waals surface area contributed by atoms with Crippen LogP contribution in [0.5, 0.6) is 5.75 Å². The van der Waals surface area contributed by atoms with Crippen LogP contribution in [0.1, 0.15) is 37.5 Å². The molecule has 4 aromatic carbocycles. The highest BCUT2D eigenvalue weighted by atomic mass is 19.1. The van der Waals surface area contributed by atoms with Gasteiger partial charge in [0.2, 0.25) is 0 Å². The number of aromatic nitrogens is 1. The van der Waals surface area contributed by atoms with E-state index in [1.165, 1.54) is 35.9 Å². The van der Waals surface area contributed by atoms with E-state index in [1.807, 2.05) is 58.9 Å². The number of aromatic hydroxyl groups is 1. The van der Waals surface area contributed by atoms with Crippen molar-refractivity contribution in [2.75, 3.05) is 45.1 Å². The number of nitrogens with one attached hydrogen (secondary N) is 1. The molecule has 5 aromatic rings. The number of aryl methyl sites for hydroxylation is 1. The van der Waals surface area contributed by atoms with Crippen molar-refractivity contribution in [2.24, 2.45) is 0 Å². The first-order valence-corrected chi connectivity index (χ1v) is 16.7. The molecule has 3 heterocycles. The van der Waals surface area contributed by atoms with Crippen molar-refractivity contribution in [1.82, 2.24) is 19.3 Å². The summed E-state index contributed by atoms with van der Waals surface area (Å²) in [4.78, 5) is 34.9. The Hall–Kier alpha value is -5.25. The molecule has 250 valence electrons. The van der Waals surface area contributed by atoms with Gasteiger partial charge in [0.15, 0.2) is 0 Å². The number of rotatable bonds is 7. The largest absolute Gasteiger partial charge is 0.508 e. The molecule has 0 aliphatic carbocycles. The second-order valence-electron chi connectivity index (χ2n) is 13.1. The van der Waals surface area contributed by atoms with Gasteiger partial charge in [0.05, 0.1) is 5.56 Å². The summed E-state index contributed by atoms with van der Waals surface area (Å²) in [7, 11) is 2.12. The minimum absolute atomic E-state index is 0.0680. The number of fused-ring (bicyclic) bond motifs is 1. The number of carbonyl (C=O) groups excluding carboxylic acids is 2. The predicted octanol–water partition coefficient (Wildman–Crippen LogP) is 6.36. The van der Waals surface area contributed by atoms with Crippen LogP contribution in [0.25, 0.3) is 16.8 Å². The molecule has 0 radical (unpaired) electrons. The molecule has 2 aliphatic heterocycles. The van der Waals surface area contributed by atoms with Crippen LogP contribution in [0.4, 0.5) is 10.1 Å². The van der Waals surface area contributed by atoms with Crippen molar-refractivity contribution in [3.8, 4) is 22.6 Å². The minimum Gasteiger partial charge on any atom is -0.508 e. The van der Waals surface area contributed by atoms with E-state index in [0.717, 1.165) is 56.1 Å². The van der Waals surface area contributed by atoms with E-state index in [2.05, 4.69) is 34.3 Å². The third-order valence-electron chi connectivity index (χ3n) is 9.74. The summed E-state index contributed by atoms with van der Waals surface area (Å²) in [6.45, 7) is 6.91. The zero-order chi connectivity index (χ0) is 34.1. The molecule has 7 rings (SSSR count). The molecule has 1 atom stereocenters. The first kappa shape index (κ1) is 32.3. The van der Waals surface area contributed by atoms with Gasteiger partial charge in [-0.2, -0.15) is 0 Å². The second-order valence-corrected chi connectivity index (χ2v) is 13.1. The number of nitrogens with zero attached hydrogens (tertiary/aromatic N) is 4. The zero-order valence-corrected chi connectivity index (χ0v) is 27.8. The highest BCUT2D eigenvalue weighted by molar-refractivity contribution is 6.08. The summed E-state index contributed by atoms with van der Waals surface area (Å²) in [5, 5.41) is 13.6. The number of anilines is 1. The Bertz CT molecular complexity index is 2000. The molecule has 49 heavy (non-hydrogen) atoms. The van der Waals surface area contributed by atoms with E-state index in [1.54, 1.807) is 18.3 Å². The molecule has 9 heteroatoms. The maximum Gasteiger partial charge on any atom is 0.257 e. The molecule has 1 saturated heterocycles. The fourth-order valence-electron chi connectivity index (χ4n) is 7.02. The highest BCUT2D eigenvalue weighted by Gasteiger charge is 2.33. The standard InChI is InChI=1S/C40H40FN5O3/c1-27-20-30(25-45(27)32-10-4-3-5-11-32)39(48)42-38-15-13-34(47)23-37(38)36-22-31(41)12-14-35(36)40(49)46-24-29-9-7-6-8-28(29)21-33(46)26-44-18-16-43(2)17-19-44/h3-15,20,22-23,25,33,47H,16-19,21,24,26H2,1-2H3,(H,42,48)/t33-/m0/s1. The molecule has 1 aromatic heterocycles. The molecule has 8 nitrogen and oxygen atoms in total. The first-order chi connectivity index (χ1) is 23.7. The number of hydrogen-bond acceptors (Lipinski definition) is 5. The number of halogens is 1. The molecule has 1 fully saturated rings. The van der Waals surface area contributed by atoms with Gasteiger partial charge in [-0.05, 0) is 91.7 Å². The number of phenols is 1. The smallest absolute Gasteiger partial charge is 0.257 e. The molecule has 0 unspecified atom stereocenters. The third kappa shape index (κ3) is 6.86. The number of para-hydroxylation sites is 1. The Balaban J connectivity index is 1.22. The van der Waals surface area contributed by atoms with Gasteiger partial charge >= 0.3 is 0 Å². The molecule has 0 saturated carbocycles. The average molecular weight is 658 g/mol. The van der Waals surface area contributed by atoms with Gasteiger partial charge in [-0.1, -0.05) is 42.5 Å². The van der Waals surface area contributed by atoms with Crippen LogP contribution in [-0.2, 0) is 13.0 Å². The number of likely N-dealkylation sites (N-methyl/N-ethyl adjacent to an activating group) is 1. The fourth-order valence-corrected chi connectivity index (χ4v) is 7.02. The van der Waals surface area contributed by atoms with E-state index in [-0.39, 0.29) is 23.6 Å². The van der Waals surface area contributed by atoms with E-state index in [9.17, 15) is 14.7 Å². The number of benzene rings is 4. The summed E-state index contributed by atoms with van der Waals surface area (Å²) in [6.07, 6.45) is 2.49. The van der Waals surface area contributed by atoms with Gasteiger partial charge in [-0.15, -0.1) is 0 Å². The van der Waals surface area contributed by atoms with E-state index >= 15 is 4.39 Å². The van der Waals surface area contributed by atoms with Crippen LogP contribution in [0.3, 0.4) is 0 Å². The Morgan fingerprint density at radius 2 is 1.59 bits per heavy atom. The van der Waals surface area contributed by atoms with Crippen molar-refractivity contribution in [3.63, 3.8) is 0 Å². The van der Waals surface area contributed by atoms with Gasteiger partial charge in [0.1, 0.15) is 11.6 Å². The van der Waals surface area contributed by atoms with Gasteiger partial charge in [0.25, 0.3) is 11.8 Å². The quantitative estimate of drug-likeness (QED) is 0.199. The zero-order valence-electron chi connectivity index (χ0n) is 27.8. The van der Waals surface area contributed by atoms with Crippen molar-refractivity contribution in [3.05, 3.63) is 137 Å². The van der Waals surface area contributed by atoms with Gasteiger partial charge in [-0.25, -0.2) is 4.39 Å². The Morgan fingerprint density at radius 3 is 2.37 bits per heavy atom. The summed E-state index contributed by atoms with van der Waals surface area (Å²) in [5.74, 6) is -1.18. The number of phenolic OH excluding ortho intramolecular Hbond substituents is 1. The monoisotopic (exact) mass is 657 g/mol. The number of carbonyl (C=O) groups is 2. The van der Waals surface area contributed by atoms with Crippen LogP contribution < -0.4 is 5.32 Å². The summed E-state index contributed by atoms with van der Waals surface area (Å²) < 4.78 is 17.0. The lowest BCUT2D eigenvalue weighted by atomic mass is 9.91. The van der Waals surface area contributed by atoms with Crippen LogP contribution in [0.2, 0.25) is 0 Å². The average Bonchev–Trinajstić information content (AvgIpc) is 3.51. The van der Waals surface area contributed by atoms with Crippen LogP contribution >= 0.6 is 0 Å². The summed E-state index contributed by atoms with van der Waals surface area (Å²) in [5.41, 5.74) is 5.89. The van der Waals surface area contributed by atoms with E-state index in [4.69, 9.17) is 0 Å². The first-order valence-electron chi connectivity index (χ1n) is 16.7. The molecule has 2 amide bonds. The predicted molar refractivity (Wildman–Crippen MR) is 190 cm³/mol. The van der Waals surface area contributed by atoms with Crippen molar-refractivity contribution in [2.45, 2.75) is 25.9 Å². The van der Waals surface area contributed by atoms with Gasteiger partial charge in [0, 0.05) is 79.7 Å². The number of piperazine rings is 1. The van der Waals surface area contributed by atoms with Crippen molar-refractivity contribution in [1.29, 1.82) is 0 Å². The molecule has 2 aliphatic rings. The maximum atomic E-state index is 15.0. The van der Waals surface area contributed by atoms with Gasteiger partial charge < -0.3 is 24.8 Å². The van der Waals surface area contributed by atoms with Crippen LogP contribution in [0, 0.1) is 12.7 Å². The molecular weight excluding hydrogens is 617 g/mol. The number of hydrogen-bond donors (Lipinski definition) is 2. The minimum atomic E-state index is -0.527. The molecule has 2 N–H and O–H groups in total. The molecule has 0 spiro atoms. The lowest BCUT2D eigenvalue weighted by molar-refractivity contribution is 0.0536. The van der Waals surface area contributed by atoms with E-state index < -0.39 is 5.82 Å². The van der Waals surface area contributed by atoms with Crippen LogP contribution in [-0.4, -0.2) is 82.0 Å². The normalized spacial score (nSPS) is 16.7. The van der Waals surface area contributed by atoms with Crippen LogP contribution in [0.15, 0.2) is 103 Å². The maximum absolute atomic E-state index is 15.0.